The third-order valence-electron chi connectivity index (χ3n) is 4.39. The molecule has 2 aliphatic rings. The van der Waals surface area contributed by atoms with E-state index >= 15 is 0 Å². The number of hydrogen-bond acceptors (Lipinski definition) is 5. The maximum Gasteiger partial charge on any atom is 0.190 e. The van der Waals surface area contributed by atoms with Gasteiger partial charge >= 0.3 is 0 Å². The molecule has 7 heteroatoms. The van der Waals surface area contributed by atoms with E-state index in [1.165, 1.54) is 0 Å². The molecule has 0 aromatic rings. The van der Waals surface area contributed by atoms with Gasteiger partial charge in [-0.3, -0.25) is 4.99 Å². The first-order valence-corrected chi connectivity index (χ1v) is 9.71. The standard InChI is InChI=1S/C18H35N3O4/c1-19-18(20-8-4-10-22-14-16-6-2-12-24-16)21-9-5-11-23-15-17-7-3-13-25-17/h16-17H,2-15H2,1H3,(H2,19,20,21). The summed E-state index contributed by atoms with van der Waals surface area (Å²) in [6, 6.07) is 0. The third kappa shape index (κ3) is 9.39. The molecule has 25 heavy (non-hydrogen) atoms. The van der Waals surface area contributed by atoms with Gasteiger partial charge in [0.2, 0.25) is 0 Å². The molecule has 0 radical (unpaired) electrons. The van der Waals surface area contributed by atoms with Crippen molar-refractivity contribution < 1.29 is 18.9 Å². The normalized spacial score (nSPS) is 22.9. The molecule has 7 nitrogen and oxygen atoms in total. The summed E-state index contributed by atoms with van der Waals surface area (Å²) in [6.07, 6.45) is 7.12. The summed E-state index contributed by atoms with van der Waals surface area (Å²) >= 11 is 0. The van der Waals surface area contributed by atoms with E-state index in [0.717, 1.165) is 97.2 Å². The van der Waals surface area contributed by atoms with Crippen LogP contribution in [0, 0.1) is 0 Å². The monoisotopic (exact) mass is 357 g/mol. The number of rotatable bonds is 12. The Balaban J connectivity index is 1.36. The molecule has 2 atom stereocenters. The maximum absolute atomic E-state index is 5.65. The van der Waals surface area contributed by atoms with Gasteiger partial charge in [-0.1, -0.05) is 0 Å². The van der Waals surface area contributed by atoms with Crippen molar-refractivity contribution >= 4 is 5.96 Å². The fourth-order valence-electron chi connectivity index (χ4n) is 2.96. The molecule has 0 saturated carbocycles. The molecule has 2 unspecified atom stereocenters. The van der Waals surface area contributed by atoms with Crippen LogP contribution in [-0.4, -0.2) is 77.9 Å². The smallest absolute Gasteiger partial charge is 0.190 e. The minimum absolute atomic E-state index is 0.310. The van der Waals surface area contributed by atoms with Gasteiger partial charge in [-0.2, -0.15) is 0 Å². The van der Waals surface area contributed by atoms with Crippen molar-refractivity contribution in [3.05, 3.63) is 0 Å². The van der Waals surface area contributed by atoms with E-state index in [1.807, 2.05) is 0 Å². The Morgan fingerprint density at radius 2 is 1.44 bits per heavy atom. The second-order valence-corrected chi connectivity index (χ2v) is 6.55. The van der Waals surface area contributed by atoms with Crippen LogP contribution in [0.3, 0.4) is 0 Å². The van der Waals surface area contributed by atoms with E-state index in [1.54, 1.807) is 7.05 Å². The predicted molar refractivity (Wildman–Crippen MR) is 98.2 cm³/mol. The lowest BCUT2D eigenvalue weighted by atomic mass is 10.2. The summed E-state index contributed by atoms with van der Waals surface area (Å²) in [4.78, 5) is 4.22. The molecular weight excluding hydrogens is 322 g/mol. The van der Waals surface area contributed by atoms with Crippen LogP contribution in [0.2, 0.25) is 0 Å². The molecule has 0 bridgehead atoms. The van der Waals surface area contributed by atoms with E-state index in [-0.39, 0.29) is 0 Å². The summed E-state index contributed by atoms with van der Waals surface area (Å²) in [6.45, 7) is 6.41. The summed E-state index contributed by atoms with van der Waals surface area (Å²) < 4.78 is 22.4. The van der Waals surface area contributed by atoms with Crippen LogP contribution in [0.1, 0.15) is 38.5 Å². The lowest BCUT2D eigenvalue weighted by Gasteiger charge is -2.13. The Bertz CT molecular complexity index is 326. The van der Waals surface area contributed by atoms with E-state index in [4.69, 9.17) is 18.9 Å². The molecule has 2 saturated heterocycles. The van der Waals surface area contributed by atoms with Gasteiger partial charge in [-0.05, 0) is 38.5 Å². The Morgan fingerprint density at radius 3 is 1.84 bits per heavy atom. The Morgan fingerprint density at radius 1 is 0.920 bits per heavy atom. The highest BCUT2D eigenvalue weighted by atomic mass is 16.5. The minimum Gasteiger partial charge on any atom is -0.379 e. The molecule has 146 valence electrons. The van der Waals surface area contributed by atoms with E-state index in [2.05, 4.69) is 15.6 Å². The van der Waals surface area contributed by atoms with Gasteiger partial charge in [0.15, 0.2) is 5.96 Å². The van der Waals surface area contributed by atoms with Crippen molar-refractivity contribution in [3.8, 4) is 0 Å². The molecule has 0 spiro atoms. The van der Waals surface area contributed by atoms with Crippen molar-refractivity contribution in [2.75, 3.05) is 59.8 Å². The van der Waals surface area contributed by atoms with Crippen LogP contribution < -0.4 is 10.6 Å². The Labute approximate surface area is 151 Å². The second kappa shape index (κ2) is 13.3. The van der Waals surface area contributed by atoms with Crippen molar-refractivity contribution in [2.24, 2.45) is 4.99 Å². The van der Waals surface area contributed by atoms with Gasteiger partial charge in [-0.25, -0.2) is 0 Å². The number of ether oxygens (including phenoxy) is 4. The van der Waals surface area contributed by atoms with Gasteiger partial charge in [0.05, 0.1) is 25.4 Å². The summed E-state index contributed by atoms with van der Waals surface area (Å²) in [5.74, 6) is 0.832. The van der Waals surface area contributed by atoms with Crippen LogP contribution in [0.4, 0.5) is 0 Å². The average Bonchev–Trinajstić information content (AvgIpc) is 3.32. The van der Waals surface area contributed by atoms with Crippen LogP contribution in [-0.2, 0) is 18.9 Å². The molecule has 0 aliphatic carbocycles. The molecule has 2 aliphatic heterocycles. The predicted octanol–water partition coefficient (Wildman–Crippen LogP) is 1.32. The molecule has 0 aromatic heterocycles. The molecule has 2 heterocycles. The quantitative estimate of drug-likeness (QED) is 0.312. The average molecular weight is 357 g/mol. The molecule has 2 N–H and O–H groups in total. The topological polar surface area (TPSA) is 73.3 Å². The molecule has 0 amide bonds. The maximum atomic E-state index is 5.65. The first-order chi connectivity index (χ1) is 12.4. The summed E-state index contributed by atoms with van der Waals surface area (Å²) in [7, 11) is 1.79. The zero-order chi connectivity index (χ0) is 17.6. The first-order valence-electron chi connectivity index (χ1n) is 9.71. The molecule has 2 rings (SSSR count). The Kier molecular flexibility index (Phi) is 10.9. The lowest BCUT2D eigenvalue weighted by Crippen LogP contribution is -2.38. The van der Waals surface area contributed by atoms with Gasteiger partial charge in [0.25, 0.3) is 0 Å². The van der Waals surface area contributed by atoms with Gasteiger partial charge in [0.1, 0.15) is 0 Å². The van der Waals surface area contributed by atoms with E-state index in [9.17, 15) is 0 Å². The first kappa shape index (κ1) is 20.4. The van der Waals surface area contributed by atoms with E-state index in [0.29, 0.717) is 12.2 Å². The fraction of sp³-hybridized carbons (Fsp3) is 0.944. The number of guanidine groups is 1. The van der Waals surface area contributed by atoms with Gasteiger partial charge in [0, 0.05) is 46.6 Å². The van der Waals surface area contributed by atoms with Crippen LogP contribution in [0.15, 0.2) is 4.99 Å². The molecule has 2 fully saturated rings. The number of nitrogens with zero attached hydrogens (tertiary/aromatic N) is 1. The molecular formula is C18H35N3O4. The number of hydrogen-bond donors (Lipinski definition) is 2. The SMILES string of the molecule is CN=C(NCCCOCC1CCCO1)NCCCOCC1CCCO1. The summed E-state index contributed by atoms with van der Waals surface area (Å²) in [5.41, 5.74) is 0. The lowest BCUT2D eigenvalue weighted by molar-refractivity contribution is 0.0167. The van der Waals surface area contributed by atoms with Crippen molar-refractivity contribution in [1.29, 1.82) is 0 Å². The zero-order valence-corrected chi connectivity index (χ0v) is 15.6. The zero-order valence-electron chi connectivity index (χ0n) is 15.6. The second-order valence-electron chi connectivity index (χ2n) is 6.55. The number of nitrogens with one attached hydrogen (secondary N) is 2. The highest BCUT2D eigenvalue weighted by Gasteiger charge is 2.15. The molecule has 0 aromatic carbocycles. The van der Waals surface area contributed by atoms with Gasteiger partial charge in [-0.15, -0.1) is 0 Å². The van der Waals surface area contributed by atoms with Crippen molar-refractivity contribution in [2.45, 2.75) is 50.7 Å². The van der Waals surface area contributed by atoms with E-state index < -0.39 is 0 Å². The van der Waals surface area contributed by atoms with Crippen LogP contribution in [0.5, 0.6) is 0 Å². The highest BCUT2D eigenvalue weighted by molar-refractivity contribution is 5.79. The summed E-state index contributed by atoms with van der Waals surface area (Å²) in [5, 5.41) is 6.60. The largest absolute Gasteiger partial charge is 0.379 e. The number of aliphatic imine (C=N–C) groups is 1. The fourth-order valence-corrected chi connectivity index (χ4v) is 2.96. The Hall–Kier alpha value is -0.890. The minimum atomic E-state index is 0.310. The van der Waals surface area contributed by atoms with Gasteiger partial charge < -0.3 is 29.6 Å². The van der Waals surface area contributed by atoms with Crippen LogP contribution >= 0.6 is 0 Å². The third-order valence-corrected chi connectivity index (χ3v) is 4.39. The highest BCUT2D eigenvalue weighted by Crippen LogP contribution is 2.12. The van der Waals surface area contributed by atoms with Crippen LogP contribution in [0.25, 0.3) is 0 Å². The van der Waals surface area contributed by atoms with Crippen molar-refractivity contribution in [3.63, 3.8) is 0 Å². The van der Waals surface area contributed by atoms with Crippen molar-refractivity contribution in [1.82, 2.24) is 10.6 Å².